The van der Waals surface area contributed by atoms with Gasteiger partial charge in [0, 0.05) is 56.0 Å². The number of halogens is 1. The maximum atomic E-state index is 14.8. The Morgan fingerprint density at radius 2 is 1.82 bits per heavy atom. The fourth-order valence-electron chi connectivity index (χ4n) is 5.37. The minimum absolute atomic E-state index is 0.112. The van der Waals surface area contributed by atoms with Crippen molar-refractivity contribution >= 4 is 11.0 Å². The smallest absolute Gasteiger partial charge is 0.281 e. The number of likely N-dealkylation sites (tertiary alicyclic amines) is 1. The average Bonchev–Trinajstić information content (AvgIpc) is 3.61. The third-order valence-corrected chi connectivity index (χ3v) is 7.71. The molecule has 0 bridgehead atoms. The lowest BCUT2D eigenvalue weighted by Gasteiger charge is -2.38. The van der Waals surface area contributed by atoms with Crippen molar-refractivity contribution in [3.63, 3.8) is 0 Å². The molecule has 0 atom stereocenters. The van der Waals surface area contributed by atoms with Gasteiger partial charge in [-0.05, 0) is 24.5 Å². The Morgan fingerprint density at radius 1 is 1.07 bits per heavy atom. The molecule has 4 heterocycles. The van der Waals surface area contributed by atoms with Crippen molar-refractivity contribution in [1.29, 1.82) is 0 Å². The SMILES string of the molecule is Cn1nc2c(=O)n(CC3(O)CCN(Cc4ccc(-c5ccon5)cc4F)CC3)cnc2c1-c1ccc(CN)cc1. The highest BCUT2D eigenvalue weighted by molar-refractivity contribution is 5.89. The molecule has 1 saturated heterocycles. The highest BCUT2D eigenvalue weighted by Crippen LogP contribution is 2.28. The Bertz CT molecular complexity index is 1700. The van der Waals surface area contributed by atoms with Crippen LogP contribution in [0.15, 0.2) is 70.4 Å². The first kappa shape index (κ1) is 26.1. The van der Waals surface area contributed by atoms with Crippen molar-refractivity contribution in [2.45, 2.75) is 38.1 Å². The Morgan fingerprint density at radius 3 is 2.50 bits per heavy atom. The third kappa shape index (κ3) is 4.94. The Balaban J connectivity index is 1.14. The molecule has 1 fully saturated rings. The first-order chi connectivity index (χ1) is 19.3. The van der Waals surface area contributed by atoms with Crippen molar-refractivity contribution in [1.82, 2.24) is 29.4 Å². The lowest BCUT2D eigenvalue weighted by atomic mass is 9.91. The largest absolute Gasteiger partial charge is 0.388 e. The van der Waals surface area contributed by atoms with E-state index in [4.69, 9.17) is 10.3 Å². The van der Waals surface area contributed by atoms with Crippen LogP contribution in [0.1, 0.15) is 24.0 Å². The van der Waals surface area contributed by atoms with Gasteiger partial charge in [0.05, 0.1) is 24.2 Å². The zero-order valence-corrected chi connectivity index (χ0v) is 22.1. The molecular formula is C29H30FN7O3. The predicted octanol–water partition coefficient (Wildman–Crippen LogP) is 3.08. The Hall–Kier alpha value is -4.19. The van der Waals surface area contributed by atoms with Gasteiger partial charge in [-0.25, -0.2) is 9.37 Å². The average molecular weight is 544 g/mol. The zero-order chi connectivity index (χ0) is 27.9. The van der Waals surface area contributed by atoms with Crippen molar-refractivity contribution in [2.24, 2.45) is 12.8 Å². The van der Waals surface area contributed by atoms with Gasteiger partial charge in [-0.15, -0.1) is 0 Å². The molecular weight excluding hydrogens is 513 g/mol. The number of aryl methyl sites for hydroxylation is 1. The fourth-order valence-corrected chi connectivity index (χ4v) is 5.37. The summed E-state index contributed by atoms with van der Waals surface area (Å²) < 4.78 is 22.7. The summed E-state index contributed by atoms with van der Waals surface area (Å²) >= 11 is 0. The molecule has 5 aromatic rings. The number of benzene rings is 2. The van der Waals surface area contributed by atoms with Gasteiger partial charge in [-0.3, -0.25) is 18.9 Å². The van der Waals surface area contributed by atoms with Crippen molar-refractivity contribution in [3.05, 3.63) is 88.4 Å². The molecule has 6 rings (SSSR count). The van der Waals surface area contributed by atoms with E-state index in [0.717, 1.165) is 16.8 Å². The van der Waals surface area contributed by atoms with E-state index < -0.39 is 5.60 Å². The summed E-state index contributed by atoms with van der Waals surface area (Å²) in [6.07, 6.45) is 3.82. The summed E-state index contributed by atoms with van der Waals surface area (Å²) in [7, 11) is 1.78. The first-order valence-corrected chi connectivity index (χ1v) is 13.2. The van der Waals surface area contributed by atoms with E-state index in [9.17, 15) is 14.3 Å². The van der Waals surface area contributed by atoms with Crippen LogP contribution < -0.4 is 11.3 Å². The summed E-state index contributed by atoms with van der Waals surface area (Å²) in [5.74, 6) is -0.308. The third-order valence-electron chi connectivity index (χ3n) is 7.71. The lowest BCUT2D eigenvalue weighted by molar-refractivity contribution is -0.0366. The topological polar surface area (TPSA) is 128 Å². The number of fused-ring (bicyclic) bond motifs is 1. The van der Waals surface area contributed by atoms with Gasteiger partial charge in [0.15, 0.2) is 5.52 Å². The molecule has 0 amide bonds. The number of hydrogen-bond acceptors (Lipinski definition) is 8. The van der Waals surface area contributed by atoms with Crippen molar-refractivity contribution in [2.75, 3.05) is 13.1 Å². The molecule has 0 unspecified atom stereocenters. The summed E-state index contributed by atoms with van der Waals surface area (Å²) in [4.78, 5) is 20.0. The number of nitrogens with two attached hydrogens (primary N) is 1. The molecule has 3 N–H and O–H groups in total. The maximum Gasteiger partial charge on any atom is 0.281 e. The molecule has 0 saturated carbocycles. The minimum atomic E-state index is -1.08. The summed E-state index contributed by atoms with van der Waals surface area (Å²) in [5, 5.41) is 19.7. The van der Waals surface area contributed by atoms with E-state index >= 15 is 0 Å². The fraction of sp³-hybridized carbons (Fsp3) is 0.310. The van der Waals surface area contributed by atoms with Crippen LogP contribution in [0.25, 0.3) is 33.5 Å². The van der Waals surface area contributed by atoms with Crippen LogP contribution in [0.3, 0.4) is 0 Å². The van der Waals surface area contributed by atoms with Crippen molar-refractivity contribution in [3.8, 4) is 22.5 Å². The highest BCUT2D eigenvalue weighted by Gasteiger charge is 2.33. The van der Waals surface area contributed by atoms with Crippen LogP contribution >= 0.6 is 0 Å². The van der Waals surface area contributed by atoms with Gasteiger partial charge in [0.1, 0.15) is 23.3 Å². The lowest BCUT2D eigenvalue weighted by Crippen LogP contribution is -2.47. The van der Waals surface area contributed by atoms with E-state index in [-0.39, 0.29) is 23.4 Å². The van der Waals surface area contributed by atoms with Crippen LogP contribution in [0, 0.1) is 5.82 Å². The van der Waals surface area contributed by atoms with Gasteiger partial charge in [-0.1, -0.05) is 41.6 Å². The second kappa shape index (κ2) is 10.4. The Kier molecular flexibility index (Phi) is 6.78. The standard InChI is InChI=1S/C29H30FN7O3/c1-35-27(20-4-2-19(15-31)3-5-20)25-26(33-35)28(38)37(18-32-25)17-29(39)9-11-36(12-10-29)16-22-7-6-21(14-23(22)30)24-8-13-40-34-24/h2-8,13-14,18,39H,9-12,15-17,31H2,1H3. The number of rotatable bonds is 7. The quantitative estimate of drug-likeness (QED) is 0.321. The van der Waals surface area contributed by atoms with E-state index in [2.05, 4.69) is 20.1 Å². The van der Waals surface area contributed by atoms with Crippen LogP contribution in [-0.2, 0) is 26.7 Å². The van der Waals surface area contributed by atoms with Crippen LogP contribution in [0.5, 0.6) is 0 Å². The molecule has 40 heavy (non-hydrogen) atoms. The molecule has 2 aromatic carbocycles. The highest BCUT2D eigenvalue weighted by atomic mass is 19.1. The number of aliphatic hydroxyl groups is 1. The Labute approximate surface area is 229 Å². The van der Waals surface area contributed by atoms with E-state index in [0.29, 0.717) is 61.4 Å². The second-order valence-electron chi connectivity index (χ2n) is 10.4. The van der Waals surface area contributed by atoms with Gasteiger partial charge >= 0.3 is 0 Å². The maximum absolute atomic E-state index is 14.8. The molecule has 0 radical (unpaired) electrons. The van der Waals surface area contributed by atoms with Gasteiger partial charge < -0.3 is 15.4 Å². The number of piperidine rings is 1. The summed E-state index contributed by atoms with van der Waals surface area (Å²) in [6.45, 7) is 2.12. The molecule has 11 heteroatoms. The van der Waals surface area contributed by atoms with Crippen molar-refractivity contribution < 1.29 is 14.0 Å². The zero-order valence-electron chi connectivity index (χ0n) is 22.1. The van der Waals surface area contributed by atoms with Gasteiger partial charge in [0.2, 0.25) is 0 Å². The molecule has 3 aromatic heterocycles. The number of aromatic nitrogens is 5. The van der Waals surface area contributed by atoms with Crippen LogP contribution in [0.2, 0.25) is 0 Å². The summed E-state index contributed by atoms with van der Waals surface area (Å²) in [5.41, 5.74) is 9.57. The first-order valence-electron chi connectivity index (χ1n) is 13.2. The molecule has 206 valence electrons. The number of nitrogens with zero attached hydrogens (tertiary/aromatic N) is 6. The summed E-state index contributed by atoms with van der Waals surface area (Å²) in [6, 6.07) is 14.5. The monoisotopic (exact) mass is 543 g/mol. The molecule has 1 aliphatic heterocycles. The van der Waals surface area contributed by atoms with Gasteiger partial charge in [-0.2, -0.15) is 5.10 Å². The minimum Gasteiger partial charge on any atom is -0.388 e. The number of hydrogen-bond donors (Lipinski definition) is 2. The second-order valence-corrected chi connectivity index (χ2v) is 10.4. The van der Waals surface area contributed by atoms with Crippen LogP contribution in [-0.4, -0.2) is 53.2 Å². The molecule has 1 aliphatic rings. The molecule has 10 nitrogen and oxygen atoms in total. The van der Waals surface area contributed by atoms with Gasteiger partial charge in [0.25, 0.3) is 5.56 Å². The molecule has 0 spiro atoms. The van der Waals surface area contributed by atoms with Crippen LogP contribution in [0.4, 0.5) is 4.39 Å². The predicted molar refractivity (Wildman–Crippen MR) is 147 cm³/mol. The van der Waals surface area contributed by atoms with E-state index in [1.165, 1.54) is 23.2 Å². The molecule has 0 aliphatic carbocycles. The van der Waals surface area contributed by atoms with E-state index in [1.54, 1.807) is 23.9 Å². The normalized spacial score (nSPS) is 15.6. The van der Waals surface area contributed by atoms with E-state index in [1.807, 2.05) is 30.3 Å².